The predicted molar refractivity (Wildman–Crippen MR) is 127 cm³/mol. The Labute approximate surface area is 196 Å². The number of halogens is 1. The summed E-state index contributed by atoms with van der Waals surface area (Å²) in [6.07, 6.45) is 0. The zero-order chi connectivity index (χ0) is 24.5. The number of carbonyl (C=O) groups excluding carboxylic acids is 1. The Morgan fingerprint density at radius 3 is 2.30 bits per heavy atom. The molecule has 0 aliphatic carbocycles. The number of nitrogens with zero attached hydrogens (tertiary/aromatic N) is 3. The first-order valence-corrected chi connectivity index (χ1v) is 12.0. The Balaban J connectivity index is 2.10. The second kappa shape index (κ2) is 9.50. The fourth-order valence-electron chi connectivity index (χ4n) is 3.57. The van der Waals surface area contributed by atoms with E-state index in [1.807, 2.05) is 0 Å². The molecule has 2 aromatic carbocycles. The lowest BCUT2D eigenvalue weighted by Gasteiger charge is -2.18. The average molecular weight is 493 g/mol. The number of carbonyl (C=O) groups is 1. The van der Waals surface area contributed by atoms with Crippen LogP contribution in [0.1, 0.15) is 25.5 Å². The van der Waals surface area contributed by atoms with Crippen molar-refractivity contribution in [1.82, 2.24) is 18.8 Å². The second-order valence-corrected chi connectivity index (χ2v) is 10.2. The first-order valence-electron chi connectivity index (χ1n) is 10.2. The molecule has 0 saturated heterocycles. The van der Waals surface area contributed by atoms with Gasteiger partial charge in [-0.15, -0.1) is 0 Å². The number of rotatable bonds is 7. The molecule has 0 aliphatic rings. The Kier molecular flexibility index (Phi) is 7.11. The fraction of sp³-hybridized carbons (Fsp3) is 0.318. The number of hydrogen-bond acceptors (Lipinski definition) is 5. The van der Waals surface area contributed by atoms with Gasteiger partial charge in [0, 0.05) is 25.7 Å². The maximum atomic E-state index is 12.9. The summed E-state index contributed by atoms with van der Waals surface area (Å²) in [6, 6.07) is 10.7. The van der Waals surface area contributed by atoms with Gasteiger partial charge in [0.1, 0.15) is 6.54 Å². The molecule has 1 amide bonds. The van der Waals surface area contributed by atoms with Crippen LogP contribution in [0.5, 0.6) is 0 Å². The molecule has 1 aromatic heterocycles. The molecule has 0 saturated carbocycles. The summed E-state index contributed by atoms with van der Waals surface area (Å²) >= 11 is 6.19. The van der Waals surface area contributed by atoms with E-state index in [1.54, 1.807) is 38.1 Å². The van der Waals surface area contributed by atoms with Crippen molar-refractivity contribution in [2.45, 2.75) is 37.9 Å². The van der Waals surface area contributed by atoms with Crippen LogP contribution in [-0.4, -0.2) is 41.9 Å². The molecule has 3 rings (SSSR count). The number of hydrogen-bond donors (Lipinski definition) is 1. The van der Waals surface area contributed by atoms with Gasteiger partial charge in [-0.25, -0.2) is 12.7 Å². The number of fused-ring (bicyclic) bond motifs is 1. The summed E-state index contributed by atoms with van der Waals surface area (Å²) in [5.74, 6) is -0.527. The summed E-state index contributed by atoms with van der Waals surface area (Å²) in [6.45, 7) is 3.19. The summed E-state index contributed by atoms with van der Waals surface area (Å²) in [5.41, 5.74) is -0.480. The highest BCUT2D eigenvalue weighted by atomic mass is 35.5. The minimum absolute atomic E-state index is 0.0562. The van der Waals surface area contributed by atoms with Gasteiger partial charge in [0.2, 0.25) is 15.9 Å². The molecular weight excluding hydrogens is 468 g/mol. The average Bonchev–Trinajstić information content (AvgIpc) is 2.77. The van der Waals surface area contributed by atoms with Crippen LogP contribution >= 0.6 is 11.6 Å². The van der Waals surface area contributed by atoms with Crippen LogP contribution < -0.4 is 16.4 Å². The Morgan fingerprint density at radius 1 is 1.06 bits per heavy atom. The van der Waals surface area contributed by atoms with Gasteiger partial charge in [-0.05, 0) is 43.7 Å². The van der Waals surface area contributed by atoms with E-state index in [1.165, 1.54) is 36.9 Å². The Hall–Kier alpha value is -2.95. The van der Waals surface area contributed by atoms with Crippen LogP contribution in [0.15, 0.2) is 56.9 Å². The van der Waals surface area contributed by atoms with Crippen LogP contribution in [0.4, 0.5) is 0 Å². The van der Waals surface area contributed by atoms with Crippen LogP contribution in [0, 0.1) is 0 Å². The van der Waals surface area contributed by atoms with Crippen molar-refractivity contribution < 1.29 is 13.2 Å². The van der Waals surface area contributed by atoms with E-state index in [9.17, 15) is 22.8 Å². The normalized spacial score (nSPS) is 12.8. The molecule has 0 aliphatic heterocycles. The van der Waals surface area contributed by atoms with Crippen LogP contribution in [0.25, 0.3) is 11.0 Å². The molecule has 11 heteroatoms. The van der Waals surface area contributed by atoms with E-state index in [2.05, 4.69) is 5.32 Å². The van der Waals surface area contributed by atoms with Gasteiger partial charge in [-0.2, -0.15) is 0 Å². The van der Waals surface area contributed by atoms with Gasteiger partial charge in [-0.1, -0.05) is 29.8 Å². The van der Waals surface area contributed by atoms with Gasteiger partial charge in [0.15, 0.2) is 0 Å². The third kappa shape index (κ3) is 4.73. The number of aryl methyl sites for hydroxylation is 1. The standard InChI is InChI=1S/C22H25ClN4O5S/c1-5-26-18-11-10-15(33(31,32)25(3)4)12-19(18)27(22(30)21(26)29)13-20(28)24-14(2)16-8-6-7-9-17(16)23/h6-12,14H,5,13H2,1-4H3,(H,24,28). The fourth-order valence-corrected chi connectivity index (χ4v) is 4.80. The largest absolute Gasteiger partial charge is 0.348 e. The zero-order valence-corrected chi connectivity index (χ0v) is 20.3. The maximum absolute atomic E-state index is 12.9. The van der Waals surface area contributed by atoms with Crippen molar-refractivity contribution in [3.05, 3.63) is 73.8 Å². The van der Waals surface area contributed by atoms with Crippen molar-refractivity contribution in [2.24, 2.45) is 0 Å². The molecule has 33 heavy (non-hydrogen) atoms. The van der Waals surface area contributed by atoms with E-state index in [4.69, 9.17) is 11.6 Å². The summed E-state index contributed by atoms with van der Waals surface area (Å²) in [5, 5.41) is 3.25. The lowest BCUT2D eigenvalue weighted by Crippen LogP contribution is -2.44. The molecule has 0 radical (unpaired) electrons. The highest BCUT2D eigenvalue weighted by molar-refractivity contribution is 7.89. The van der Waals surface area contributed by atoms with Gasteiger partial charge in [0.25, 0.3) is 0 Å². The molecule has 0 bridgehead atoms. The minimum atomic E-state index is -3.80. The second-order valence-electron chi connectivity index (χ2n) is 7.69. The van der Waals surface area contributed by atoms with Gasteiger partial charge in [0.05, 0.1) is 22.0 Å². The van der Waals surface area contributed by atoms with E-state index in [0.717, 1.165) is 8.87 Å². The summed E-state index contributed by atoms with van der Waals surface area (Å²) in [7, 11) is -1.02. The first-order chi connectivity index (χ1) is 15.5. The number of sulfonamides is 1. The third-order valence-electron chi connectivity index (χ3n) is 5.35. The SMILES string of the molecule is CCn1c(=O)c(=O)n(CC(=O)NC(C)c2ccccc2Cl)c2cc(S(=O)(=O)N(C)C)ccc21. The minimum Gasteiger partial charge on any atom is -0.348 e. The van der Waals surface area contributed by atoms with Gasteiger partial charge < -0.3 is 9.88 Å². The van der Waals surface area contributed by atoms with E-state index in [-0.39, 0.29) is 17.0 Å². The van der Waals surface area contributed by atoms with Gasteiger partial charge >= 0.3 is 11.1 Å². The molecule has 0 spiro atoms. The van der Waals surface area contributed by atoms with Crippen molar-refractivity contribution in [1.29, 1.82) is 0 Å². The molecule has 0 fully saturated rings. The van der Waals surface area contributed by atoms with Crippen molar-refractivity contribution >= 4 is 38.6 Å². The smallest absolute Gasteiger partial charge is 0.317 e. The zero-order valence-electron chi connectivity index (χ0n) is 18.7. The Morgan fingerprint density at radius 2 is 1.70 bits per heavy atom. The first kappa shape index (κ1) is 24.7. The number of amides is 1. The maximum Gasteiger partial charge on any atom is 0.317 e. The predicted octanol–water partition coefficient (Wildman–Crippen LogP) is 1.96. The number of nitrogens with one attached hydrogen (secondary N) is 1. The monoisotopic (exact) mass is 492 g/mol. The van der Waals surface area contributed by atoms with Crippen LogP contribution in [0.3, 0.4) is 0 Å². The van der Waals surface area contributed by atoms with Crippen molar-refractivity contribution in [2.75, 3.05) is 14.1 Å². The lowest BCUT2D eigenvalue weighted by molar-refractivity contribution is -0.122. The molecule has 3 aromatic rings. The highest BCUT2D eigenvalue weighted by Gasteiger charge is 2.22. The molecule has 9 nitrogen and oxygen atoms in total. The molecule has 1 heterocycles. The molecule has 1 N–H and O–H groups in total. The topological polar surface area (TPSA) is 110 Å². The Bertz CT molecular complexity index is 1440. The van der Waals surface area contributed by atoms with Crippen molar-refractivity contribution in [3.63, 3.8) is 0 Å². The van der Waals surface area contributed by atoms with E-state index in [0.29, 0.717) is 16.1 Å². The van der Waals surface area contributed by atoms with Crippen LogP contribution in [-0.2, 0) is 27.9 Å². The quantitative estimate of drug-likeness (QED) is 0.507. The van der Waals surface area contributed by atoms with E-state index >= 15 is 0 Å². The lowest BCUT2D eigenvalue weighted by atomic mass is 10.1. The third-order valence-corrected chi connectivity index (χ3v) is 7.50. The van der Waals surface area contributed by atoms with E-state index < -0.39 is 39.6 Å². The molecule has 1 unspecified atom stereocenters. The molecule has 1 atom stereocenters. The number of aromatic nitrogens is 2. The highest BCUT2D eigenvalue weighted by Crippen LogP contribution is 2.23. The number of benzene rings is 2. The molecule has 176 valence electrons. The van der Waals surface area contributed by atoms with Gasteiger partial charge in [-0.3, -0.25) is 19.0 Å². The summed E-state index contributed by atoms with van der Waals surface area (Å²) in [4.78, 5) is 38.3. The summed E-state index contributed by atoms with van der Waals surface area (Å²) < 4.78 is 28.6. The molecular formula is C22H25ClN4O5S. The van der Waals surface area contributed by atoms with Crippen LogP contribution in [0.2, 0.25) is 5.02 Å². The van der Waals surface area contributed by atoms with Crippen molar-refractivity contribution in [3.8, 4) is 0 Å².